The first-order valence-corrected chi connectivity index (χ1v) is 4.46. The zero-order valence-electron chi connectivity index (χ0n) is 6.97. The zero-order valence-corrected chi connectivity index (χ0v) is 8.55. The summed E-state index contributed by atoms with van der Waals surface area (Å²) in [5, 5.41) is 8.62. The lowest BCUT2D eigenvalue weighted by molar-refractivity contribution is 0.144. The van der Waals surface area contributed by atoms with E-state index in [1.807, 2.05) is 6.07 Å². The van der Waals surface area contributed by atoms with Crippen molar-refractivity contribution >= 4 is 15.9 Å². The highest BCUT2D eigenvalue weighted by Gasteiger charge is 2.18. The van der Waals surface area contributed by atoms with E-state index in [0.29, 0.717) is 4.47 Å². The van der Waals surface area contributed by atoms with E-state index in [1.54, 1.807) is 0 Å². The molecule has 74 valence electrons. The van der Waals surface area contributed by atoms with Gasteiger partial charge < -0.3 is 5.73 Å². The standard InChI is InChI=1S/C8H6BrF2N3/c9-6-4(1-12)3-14-7(8(10)11)5(6)2-13/h3,8H,2,13H2. The molecule has 0 bridgehead atoms. The van der Waals surface area contributed by atoms with Crippen LogP contribution in [-0.2, 0) is 6.54 Å². The molecule has 14 heavy (non-hydrogen) atoms. The second-order valence-corrected chi connectivity index (χ2v) is 3.26. The SMILES string of the molecule is N#Cc1cnc(C(F)F)c(CN)c1Br. The molecule has 1 rings (SSSR count). The quantitative estimate of drug-likeness (QED) is 0.887. The van der Waals surface area contributed by atoms with E-state index in [9.17, 15) is 8.78 Å². The Morgan fingerprint density at radius 1 is 1.64 bits per heavy atom. The van der Waals surface area contributed by atoms with Gasteiger partial charge in [-0.05, 0) is 15.9 Å². The number of rotatable bonds is 2. The number of nitrogens with two attached hydrogens (primary N) is 1. The average molecular weight is 262 g/mol. The maximum atomic E-state index is 12.4. The largest absolute Gasteiger partial charge is 0.326 e. The Kier molecular flexibility index (Phi) is 3.49. The molecule has 0 spiro atoms. The summed E-state index contributed by atoms with van der Waals surface area (Å²) in [6.45, 7) is -0.0806. The van der Waals surface area contributed by atoms with Crippen LogP contribution in [0, 0.1) is 11.3 Å². The van der Waals surface area contributed by atoms with Crippen molar-refractivity contribution in [1.29, 1.82) is 5.26 Å². The summed E-state index contributed by atoms with van der Waals surface area (Å²) in [6.07, 6.45) is -1.58. The average Bonchev–Trinajstić information content (AvgIpc) is 2.17. The monoisotopic (exact) mass is 261 g/mol. The van der Waals surface area contributed by atoms with Gasteiger partial charge in [0, 0.05) is 22.8 Å². The summed E-state index contributed by atoms with van der Waals surface area (Å²) < 4.78 is 25.1. The van der Waals surface area contributed by atoms with Crippen molar-refractivity contribution < 1.29 is 8.78 Å². The molecule has 1 heterocycles. The molecular formula is C8H6BrF2N3. The zero-order chi connectivity index (χ0) is 10.7. The van der Waals surface area contributed by atoms with E-state index in [4.69, 9.17) is 11.0 Å². The Hall–Kier alpha value is -1.06. The number of aromatic nitrogens is 1. The van der Waals surface area contributed by atoms with Crippen LogP contribution in [0.4, 0.5) is 8.78 Å². The third-order valence-corrected chi connectivity index (χ3v) is 2.58. The van der Waals surface area contributed by atoms with Crippen LogP contribution in [0.3, 0.4) is 0 Å². The van der Waals surface area contributed by atoms with Gasteiger partial charge >= 0.3 is 0 Å². The molecular weight excluding hydrogens is 256 g/mol. The topological polar surface area (TPSA) is 62.7 Å². The predicted molar refractivity (Wildman–Crippen MR) is 49.5 cm³/mol. The van der Waals surface area contributed by atoms with E-state index in [-0.39, 0.29) is 23.4 Å². The van der Waals surface area contributed by atoms with Gasteiger partial charge in [-0.2, -0.15) is 5.26 Å². The van der Waals surface area contributed by atoms with Crippen molar-refractivity contribution in [1.82, 2.24) is 4.98 Å². The van der Waals surface area contributed by atoms with Crippen molar-refractivity contribution in [2.24, 2.45) is 5.73 Å². The van der Waals surface area contributed by atoms with Crippen molar-refractivity contribution in [2.75, 3.05) is 0 Å². The highest BCUT2D eigenvalue weighted by atomic mass is 79.9. The molecule has 0 saturated carbocycles. The van der Waals surface area contributed by atoms with Crippen molar-refractivity contribution in [3.63, 3.8) is 0 Å². The Morgan fingerprint density at radius 3 is 2.71 bits per heavy atom. The van der Waals surface area contributed by atoms with Gasteiger partial charge in [-0.15, -0.1) is 0 Å². The molecule has 3 nitrogen and oxygen atoms in total. The Labute approximate surface area is 87.7 Å². The first-order valence-electron chi connectivity index (χ1n) is 3.67. The Balaban J connectivity index is 3.38. The van der Waals surface area contributed by atoms with Gasteiger partial charge in [0.1, 0.15) is 11.8 Å². The third-order valence-electron chi connectivity index (χ3n) is 1.67. The molecule has 0 aromatic carbocycles. The summed E-state index contributed by atoms with van der Waals surface area (Å²) in [7, 11) is 0. The predicted octanol–water partition coefficient (Wildman–Crippen LogP) is 2.11. The molecule has 0 radical (unpaired) electrons. The number of halogens is 3. The first kappa shape index (κ1) is 11.0. The van der Waals surface area contributed by atoms with Crippen LogP contribution < -0.4 is 5.73 Å². The molecule has 2 N–H and O–H groups in total. The minimum Gasteiger partial charge on any atom is -0.326 e. The summed E-state index contributed by atoms with van der Waals surface area (Å²) in [6, 6.07) is 1.83. The molecule has 0 fully saturated rings. The minimum atomic E-state index is -2.68. The lowest BCUT2D eigenvalue weighted by Gasteiger charge is -2.08. The van der Waals surface area contributed by atoms with E-state index < -0.39 is 6.43 Å². The lowest BCUT2D eigenvalue weighted by atomic mass is 10.1. The van der Waals surface area contributed by atoms with Gasteiger partial charge in [-0.1, -0.05) is 0 Å². The van der Waals surface area contributed by atoms with Crippen LogP contribution in [0.15, 0.2) is 10.7 Å². The molecule has 0 aliphatic heterocycles. The number of hydrogen-bond acceptors (Lipinski definition) is 3. The molecule has 0 aliphatic carbocycles. The van der Waals surface area contributed by atoms with Gasteiger partial charge in [0.05, 0.1) is 5.56 Å². The van der Waals surface area contributed by atoms with Crippen LogP contribution in [-0.4, -0.2) is 4.98 Å². The molecule has 0 aliphatic rings. The van der Waals surface area contributed by atoms with Gasteiger partial charge in [-0.3, -0.25) is 4.98 Å². The maximum Gasteiger partial charge on any atom is 0.280 e. The van der Waals surface area contributed by atoms with Crippen LogP contribution in [0.5, 0.6) is 0 Å². The smallest absolute Gasteiger partial charge is 0.280 e. The fourth-order valence-corrected chi connectivity index (χ4v) is 1.56. The fraction of sp³-hybridized carbons (Fsp3) is 0.250. The molecule has 0 saturated heterocycles. The van der Waals surface area contributed by atoms with Gasteiger partial charge in [0.2, 0.25) is 0 Å². The normalized spacial score (nSPS) is 10.3. The second kappa shape index (κ2) is 4.44. The van der Waals surface area contributed by atoms with Gasteiger partial charge in [0.25, 0.3) is 6.43 Å². The number of nitriles is 1. The minimum absolute atomic E-state index is 0.0806. The number of pyridine rings is 1. The molecule has 6 heteroatoms. The van der Waals surface area contributed by atoms with Crippen LogP contribution >= 0.6 is 15.9 Å². The summed E-state index contributed by atoms with van der Waals surface area (Å²) in [5.74, 6) is 0. The summed E-state index contributed by atoms with van der Waals surface area (Å²) >= 11 is 3.04. The molecule has 0 amide bonds. The van der Waals surface area contributed by atoms with E-state index in [2.05, 4.69) is 20.9 Å². The number of nitrogens with zero attached hydrogens (tertiary/aromatic N) is 2. The molecule has 1 aromatic rings. The van der Waals surface area contributed by atoms with Crippen LogP contribution in [0.2, 0.25) is 0 Å². The molecule has 1 aromatic heterocycles. The highest BCUT2D eigenvalue weighted by molar-refractivity contribution is 9.10. The number of hydrogen-bond donors (Lipinski definition) is 1. The summed E-state index contributed by atoms with van der Waals surface area (Å²) in [4.78, 5) is 3.50. The van der Waals surface area contributed by atoms with Crippen molar-refractivity contribution in [3.8, 4) is 6.07 Å². The van der Waals surface area contributed by atoms with E-state index in [1.165, 1.54) is 0 Å². The Bertz CT molecular complexity index is 387. The number of alkyl halides is 2. The van der Waals surface area contributed by atoms with Crippen molar-refractivity contribution in [3.05, 3.63) is 27.5 Å². The maximum absolute atomic E-state index is 12.4. The Morgan fingerprint density at radius 2 is 2.29 bits per heavy atom. The van der Waals surface area contributed by atoms with E-state index in [0.717, 1.165) is 6.20 Å². The van der Waals surface area contributed by atoms with Gasteiger partial charge in [0.15, 0.2) is 0 Å². The first-order chi connectivity index (χ1) is 6.61. The molecule has 0 unspecified atom stereocenters. The second-order valence-electron chi connectivity index (χ2n) is 2.47. The lowest BCUT2D eigenvalue weighted by Crippen LogP contribution is -2.06. The van der Waals surface area contributed by atoms with Crippen molar-refractivity contribution in [2.45, 2.75) is 13.0 Å². The van der Waals surface area contributed by atoms with Crippen LogP contribution in [0.1, 0.15) is 23.2 Å². The third kappa shape index (κ3) is 1.89. The van der Waals surface area contributed by atoms with E-state index >= 15 is 0 Å². The van der Waals surface area contributed by atoms with Gasteiger partial charge in [-0.25, -0.2) is 8.78 Å². The summed E-state index contributed by atoms with van der Waals surface area (Å²) in [5.41, 5.74) is 5.31. The fourth-order valence-electron chi connectivity index (χ4n) is 1.00. The highest BCUT2D eigenvalue weighted by Crippen LogP contribution is 2.28. The molecule has 0 atom stereocenters. The van der Waals surface area contributed by atoms with Crippen LogP contribution in [0.25, 0.3) is 0 Å².